The minimum Gasteiger partial charge on any atom is -0.374 e. The monoisotopic (exact) mass is 198 g/mol. The Labute approximate surface area is 84.1 Å². The summed E-state index contributed by atoms with van der Waals surface area (Å²) in [6.45, 7) is 0.962. The zero-order valence-corrected chi connectivity index (χ0v) is 8.33. The van der Waals surface area contributed by atoms with Crippen molar-refractivity contribution in [1.29, 1.82) is 0 Å². The van der Waals surface area contributed by atoms with E-state index in [1.165, 1.54) is 0 Å². The number of hydrazine groups is 1. The van der Waals surface area contributed by atoms with E-state index >= 15 is 0 Å². The van der Waals surface area contributed by atoms with Crippen LogP contribution in [0.25, 0.3) is 0 Å². The first-order chi connectivity index (χ1) is 6.83. The van der Waals surface area contributed by atoms with Gasteiger partial charge in [-0.05, 0) is 12.8 Å². The van der Waals surface area contributed by atoms with Gasteiger partial charge < -0.3 is 5.32 Å². The lowest BCUT2D eigenvalue weighted by molar-refractivity contribution is -0.121. The molecule has 0 aliphatic carbocycles. The van der Waals surface area contributed by atoms with E-state index in [2.05, 4.69) is 15.7 Å². The van der Waals surface area contributed by atoms with Crippen LogP contribution in [0.1, 0.15) is 32.1 Å². The van der Waals surface area contributed by atoms with Crippen LogP contribution in [0.2, 0.25) is 0 Å². The summed E-state index contributed by atoms with van der Waals surface area (Å²) in [5.41, 5.74) is 2.12. The van der Waals surface area contributed by atoms with Crippen LogP contribution in [0.15, 0.2) is 4.99 Å². The molecule has 1 amide bonds. The largest absolute Gasteiger partial charge is 0.374 e. The zero-order valence-electron chi connectivity index (χ0n) is 8.33. The van der Waals surface area contributed by atoms with Crippen molar-refractivity contribution in [3.63, 3.8) is 0 Å². The molecule has 1 unspecified atom stereocenters. The molecule has 0 aromatic carbocycles. The first-order valence-electron chi connectivity index (χ1n) is 5.07. The number of carbonyl (C=O) groups is 1. The number of unbranched alkanes of at least 4 members (excludes halogenated alkanes) is 2. The van der Waals surface area contributed by atoms with E-state index in [9.17, 15) is 4.79 Å². The van der Waals surface area contributed by atoms with Crippen molar-refractivity contribution in [2.45, 2.75) is 38.1 Å². The SMILES string of the molecule is NNC(=O)CCCCCC1CNC=N1. The van der Waals surface area contributed by atoms with Gasteiger partial charge in [-0.1, -0.05) is 12.8 Å². The Morgan fingerprint density at radius 3 is 3.07 bits per heavy atom. The molecule has 0 spiro atoms. The smallest absolute Gasteiger partial charge is 0.233 e. The van der Waals surface area contributed by atoms with Crippen LogP contribution in [0.4, 0.5) is 0 Å². The highest BCUT2D eigenvalue weighted by Gasteiger charge is 2.08. The molecule has 0 fully saturated rings. The van der Waals surface area contributed by atoms with Crippen molar-refractivity contribution in [2.24, 2.45) is 10.8 Å². The molecule has 0 saturated carbocycles. The fourth-order valence-corrected chi connectivity index (χ4v) is 1.49. The number of nitrogens with zero attached hydrogens (tertiary/aromatic N) is 1. The molecule has 0 aromatic heterocycles. The second kappa shape index (κ2) is 6.37. The second-order valence-corrected chi connectivity index (χ2v) is 3.51. The number of amides is 1. The topological polar surface area (TPSA) is 79.5 Å². The first-order valence-corrected chi connectivity index (χ1v) is 5.07. The Balaban J connectivity index is 1.89. The summed E-state index contributed by atoms with van der Waals surface area (Å²) in [7, 11) is 0. The van der Waals surface area contributed by atoms with Gasteiger partial charge in [0.2, 0.25) is 5.91 Å². The van der Waals surface area contributed by atoms with Crippen LogP contribution in [-0.2, 0) is 4.79 Å². The maximum Gasteiger partial charge on any atom is 0.233 e. The lowest BCUT2D eigenvalue weighted by Gasteiger charge is -2.05. The lowest BCUT2D eigenvalue weighted by atomic mass is 10.1. The van der Waals surface area contributed by atoms with Crippen LogP contribution in [-0.4, -0.2) is 24.8 Å². The third kappa shape index (κ3) is 4.23. The summed E-state index contributed by atoms with van der Waals surface area (Å²) >= 11 is 0. The average Bonchev–Trinajstić information content (AvgIpc) is 2.69. The van der Waals surface area contributed by atoms with Gasteiger partial charge in [-0.25, -0.2) is 5.84 Å². The highest BCUT2D eigenvalue weighted by molar-refractivity contribution is 5.75. The molecule has 1 atom stereocenters. The molecule has 0 radical (unpaired) electrons. The Hall–Kier alpha value is -1.10. The van der Waals surface area contributed by atoms with E-state index in [1.54, 1.807) is 6.34 Å². The molecule has 14 heavy (non-hydrogen) atoms. The zero-order chi connectivity index (χ0) is 10.2. The van der Waals surface area contributed by atoms with Crippen molar-refractivity contribution in [3.05, 3.63) is 0 Å². The minimum atomic E-state index is -0.0782. The van der Waals surface area contributed by atoms with Gasteiger partial charge >= 0.3 is 0 Å². The van der Waals surface area contributed by atoms with Gasteiger partial charge in [-0.15, -0.1) is 0 Å². The first kappa shape index (κ1) is 11.0. The Morgan fingerprint density at radius 1 is 1.57 bits per heavy atom. The van der Waals surface area contributed by atoms with E-state index in [4.69, 9.17) is 5.84 Å². The fourth-order valence-electron chi connectivity index (χ4n) is 1.49. The molecule has 80 valence electrons. The van der Waals surface area contributed by atoms with Crippen LogP contribution in [0, 0.1) is 0 Å². The van der Waals surface area contributed by atoms with Crippen molar-refractivity contribution < 1.29 is 4.79 Å². The van der Waals surface area contributed by atoms with E-state index in [0.717, 1.165) is 32.2 Å². The number of nitrogens with one attached hydrogen (secondary N) is 2. The normalized spacial score (nSPS) is 19.4. The van der Waals surface area contributed by atoms with Crippen molar-refractivity contribution in [1.82, 2.24) is 10.7 Å². The van der Waals surface area contributed by atoms with Gasteiger partial charge in [-0.3, -0.25) is 15.2 Å². The minimum absolute atomic E-state index is 0.0782. The quantitative estimate of drug-likeness (QED) is 0.242. The number of nitrogens with two attached hydrogens (primary N) is 1. The Bertz CT molecular complexity index is 205. The molecular formula is C9H18N4O. The van der Waals surface area contributed by atoms with Gasteiger partial charge in [0.1, 0.15) is 0 Å². The van der Waals surface area contributed by atoms with E-state index in [0.29, 0.717) is 12.5 Å². The molecule has 0 saturated heterocycles. The van der Waals surface area contributed by atoms with Crippen molar-refractivity contribution in [2.75, 3.05) is 6.54 Å². The average molecular weight is 198 g/mol. The van der Waals surface area contributed by atoms with E-state index in [1.807, 2.05) is 0 Å². The molecule has 0 bridgehead atoms. The Kier molecular flexibility index (Phi) is 4.99. The summed E-state index contributed by atoms with van der Waals surface area (Å²) in [5.74, 6) is 4.88. The predicted octanol–water partition coefficient (Wildman–Crippen LogP) is -0.0731. The van der Waals surface area contributed by atoms with Gasteiger partial charge in [-0.2, -0.15) is 0 Å². The molecule has 1 aliphatic heterocycles. The van der Waals surface area contributed by atoms with Gasteiger partial charge in [0.15, 0.2) is 0 Å². The Morgan fingerprint density at radius 2 is 2.43 bits per heavy atom. The third-order valence-corrected chi connectivity index (χ3v) is 2.33. The third-order valence-electron chi connectivity index (χ3n) is 2.33. The fraction of sp³-hybridized carbons (Fsp3) is 0.778. The summed E-state index contributed by atoms with van der Waals surface area (Å²) in [6, 6.07) is 0.443. The van der Waals surface area contributed by atoms with Gasteiger partial charge in [0.25, 0.3) is 0 Å². The van der Waals surface area contributed by atoms with Crippen molar-refractivity contribution >= 4 is 12.2 Å². The molecule has 1 rings (SSSR count). The summed E-state index contributed by atoms with van der Waals surface area (Å²) in [6.07, 6.45) is 6.51. The van der Waals surface area contributed by atoms with Gasteiger partial charge in [0, 0.05) is 13.0 Å². The number of carbonyl (C=O) groups excluding carboxylic acids is 1. The highest BCUT2D eigenvalue weighted by Crippen LogP contribution is 2.08. The molecule has 0 aromatic rings. The van der Waals surface area contributed by atoms with Crippen molar-refractivity contribution in [3.8, 4) is 0 Å². The molecule has 4 N–H and O–H groups in total. The molecule has 1 aliphatic rings. The number of aliphatic imine (C=N–C) groups is 1. The van der Waals surface area contributed by atoms with Crippen LogP contribution in [0.5, 0.6) is 0 Å². The predicted molar refractivity (Wildman–Crippen MR) is 55.7 cm³/mol. The number of rotatable bonds is 6. The van der Waals surface area contributed by atoms with Crippen LogP contribution in [0.3, 0.4) is 0 Å². The van der Waals surface area contributed by atoms with Gasteiger partial charge in [0.05, 0.1) is 12.4 Å². The standard InChI is InChI=1S/C9H18N4O/c10-13-9(14)5-3-1-2-4-8-6-11-7-12-8/h7-8H,1-6,10H2,(H,11,12)(H,13,14). The second-order valence-electron chi connectivity index (χ2n) is 3.51. The van der Waals surface area contributed by atoms with Crippen LogP contribution < -0.4 is 16.6 Å². The molecule has 5 heteroatoms. The number of hydrogen-bond acceptors (Lipinski definition) is 4. The lowest BCUT2D eigenvalue weighted by Crippen LogP contribution is -2.29. The molecular weight excluding hydrogens is 180 g/mol. The summed E-state index contributed by atoms with van der Waals surface area (Å²) in [5, 5.41) is 3.07. The highest BCUT2D eigenvalue weighted by atomic mass is 16.2. The maximum absolute atomic E-state index is 10.8. The maximum atomic E-state index is 10.8. The number of hydrogen-bond donors (Lipinski definition) is 3. The van der Waals surface area contributed by atoms with E-state index in [-0.39, 0.29) is 5.91 Å². The van der Waals surface area contributed by atoms with E-state index < -0.39 is 0 Å². The summed E-state index contributed by atoms with van der Waals surface area (Å²) < 4.78 is 0. The molecule has 5 nitrogen and oxygen atoms in total. The molecule has 1 heterocycles. The van der Waals surface area contributed by atoms with Crippen LogP contribution >= 0.6 is 0 Å². The summed E-state index contributed by atoms with van der Waals surface area (Å²) in [4.78, 5) is 15.0.